The van der Waals surface area contributed by atoms with Crippen LogP contribution in [0.1, 0.15) is 12.8 Å². The summed E-state index contributed by atoms with van der Waals surface area (Å²) in [7, 11) is 0. The van der Waals surface area contributed by atoms with E-state index >= 15 is 0 Å². The first-order valence-electron chi connectivity index (χ1n) is 4.57. The molecule has 8 N–H and O–H groups in total. The number of nitrogens with two attached hydrogens (primary N) is 2. The van der Waals surface area contributed by atoms with Gasteiger partial charge >= 0.3 is 5.97 Å². The van der Waals surface area contributed by atoms with Gasteiger partial charge in [0, 0.05) is 0 Å². The summed E-state index contributed by atoms with van der Waals surface area (Å²) in [6.07, 6.45) is 0.184. The molecule has 0 amide bonds. The van der Waals surface area contributed by atoms with Crippen LogP contribution >= 0.6 is 0 Å². The Labute approximate surface area is 88.3 Å². The third kappa shape index (κ3) is 13.3. The van der Waals surface area contributed by atoms with Crippen molar-refractivity contribution in [2.24, 2.45) is 11.5 Å². The lowest BCUT2D eigenvalue weighted by Crippen LogP contribution is -2.30. The van der Waals surface area contributed by atoms with Crippen molar-refractivity contribution in [3.63, 3.8) is 0 Å². The van der Waals surface area contributed by atoms with Crippen LogP contribution in [-0.4, -0.2) is 58.3 Å². The zero-order chi connectivity index (χ0) is 12.3. The van der Waals surface area contributed by atoms with Crippen LogP contribution in [0, 0.1) is 0 Å². The van der Waals surface area contributed by atoms with Crippen LogP contribution < -0.4 is 11.5 Å². The molecule has 0 rings (SSSR count). The zero-order valence-electron chi connectivity index (χ0n) is 8.54. The van der Waals surface area contributed by atoms with E-state index in [1.165, 1.54) is 0 Å². The van der Waals surface area contributed by atoms with Crippen molar-refractivity contribution in [1.82, 2.24) is 0 Å². The average Bonchev–Trinajstić information content (AvgIpc) is 2.25. The summed E-state index contributed by atoms with van der Waals surface area (Å²) in [6.45, 7) is -0.228. The number of hydrogen-bond donors (Lipinski definition) is 6. The summed E-state index contributed by atoms with van der Waals surface area (Å²) in [4.78, 5) is 10.0. The second kappa shape index (κ2) is 11.3. The topological polar surface area (TPSA) is 150 Å². The number of carbonyl (C=O) groups is 1. The minimum atomic E-state index is -0.955. The number of aliphatic carboxylic acids is 1. The highest BCUT2D eigenvalue weighted by molar-refractivity contribution is 5.72. The van der Waals surface area contributed by atoms with Gasteiger partial charge in [-0.1, -0.05) is 0 Å². The van der Waals surface area contributed by atoms with Crippen molar-refractivity contribution in [2.45, 2.75) is 25.0 Å². The minimum absolute atomic E-state index is 0.365. The van der Waals surface area contributed by atoms with Crippen molar-refractivity contribution in [1.29, 1.82) is 0 Å². The lowest BCUT2D eigenvalue weighted by molar-refractivity contribution is -0.138. The van der Waals surface area contributed by atoms with Gasteiger partial charge in [0.2, 0.25) is 0 Å². The van der Waals surface area contributed by atoms with E-state index in [4.69, 9.17) is 31.9 Å². The van der Waals surface area contributed by atoms with Crippen LogP contribution in [0.15, 0.2) is 0 Å². The molecule has 0 spiro atoms. The molecule has 0 aliphatic heterocycles. The monoisotopic (exact) mass is 224 g/mol. The quantitative estimate of drug-likeness (QED) is 0.291. The molecular weight excluding hydrogens is 204 g/mol. The van der Waals surface area contributed by atoms with Crippen molar-refractivity contribution >= 4 is 5.97 Å². The van der Waals surface area contributed by atoms with E-state index in [0.29, 0.717) is 19.4 Å². The smallest absolute Gasteiger partial charge is 0.320 e. The molecule has 0 unspecified atom stereocenters. The van der Waals surface area contributed by atoms with Crippen molar-refractivity contribution < 1.29 is 25.2 Å². The number of hydrogen-bond acceptors (Lipinski definition) is 6. The van der Waals surface area contributed by atoms with Crippen LogP contribution in [0.4, 0.5) is 0 Å². The van der Waals surface area contributed by atoms with Gasteiger partial charge in [0.05, 0.1) is 13.2 Å². The molecule has 0 heterocycles. The van der Waals surface area contributed by atoms with Crippen LogP contribution in [0.3, 0.4) is 0 Å². The molecule has 0 bridgehead atoms. The van der Waals surface area contributed by atoms with Crippen LogP contribution in [0.25, 0.3) is 0 Å². The van der Waals surface area contributed by atoms with Gasteiger partial charge in [0.1, 0.15) is 12.1 Å². The lowest BCUT2D eigenvalue weighted by Gasteiger charge is -2.02. The first-order valence-corrected chi connectivity index (χ1v) is 4.57. The standard InChI is InChI=1S/C5H12N2O2.C3H8O3/c6-3-1-2-4(7)5(8)9;4-1-3(6)2-5/h4H,1-3,6-7H2,(H,8,9);3-6H,1-2H2/t4-;/m0./s1. The van der Waals surface area contributed by atoms with E-state index in [0.717, 1.165) is 0 Å². The van der Waals surface area contributed by atoms with E-state index in [9.17, 15) is 4.79 Å². The number of aliphatic hydroxyl groups is 3. The van der Waals surface area contributed by atoms with Gasteiger partial charge in [0.25, 0.3) is 0 Å². The Morgan fingerprint density at radius 2 is 1.73 bits per heavy atom. The van der Waals surface area contributed by atoms with Crippen molar-refractivity contribution in [3.8, 4) is 0 Å². The van der Waals surface area contributed by atoms with Gasteiger partial charge in [0.15, 0.2) is 0 Å². The fourth-order valence-electron chi connectivity index (χ4n) is 0.519. The molecule has 0 aromatic carbocycles. The Balaban J connectivity index is 0. The number of aliphatic hydroxyl groups excluding tert-OH is 3. The van der Waals surface area contributed by atoms with Crippen molar-refractivity contribution in [2.75, 3.05) is 19.8 Å². The Bertz CT molecular complexity index is 152. The first kappa shape index (κ1) is 16.7. The normalized spacial score (nSPS) is 11.9. The molecular formula is C8H20N2O5. The van der Waals surface area contributed by atoms with Crippen LogP contribution in [0.5, 0.6) is 0 Å². The minimum Gasteiger partial charge on any atom is -0.480 e. The molecule has 0 aliphatic rings. The molecule has 7 nitrogen and oxygen atoms in total. The van der Waals surface area contributed by atoms with Gasteiger partial charge in [-0.25, -0.2) is 0 Å². The molecule has 92 valence electrons. The van der Waals surface area contributed by atoms with E-state index in [1.54, 1.807) is 0 Å². The Kier molecular flexibility index (Phi) is 12.6. The summed E-state index contributed by atoms with van der Waals surface area (Å²) in [5.41, 5.74) is 10.3. The molecule has 0 saturated heterocycles. The average molecular weight is 224 g/mol. The highest BCUT2D eigenvalue weighted by Gasteiger charge is 2.08. The fraction of sp³-hybridized carbons (Fsp3) is 0.875. The Hall–Kier alpha value is -0.730. The number of rotatable bonds is 6. The van der Waals surface area contributed by atoms with Crippen LogP contribution in [0.2, 0.25) is 0 Å². The fourth-order valence-corrected chi connectivity index (χ4v) is 0.519. The summed E-state index contributed by atoms with van der Waals surface area (Å²) in [5.74, 6) is -0.955. The Morgan fingerprint density at radius 1 is 1.27 bits per heavy atom. The predicted molar refractivity (Wildman–Crippen MR) is 54.1 cm³/mol. The number of carboxylic acids is 1. The summed E-state index contributed by atoms with van der Waals surface area (Å²) < 4.78 is 0. The number of carboxylic acid groups (broad SMARTS) is 1. The first-order chi connectivity index (χ1) is 6.99. The maximum Gasteiger partial charge on any atom is 0.320 e. The molecule has 15 heavy (non-hydrogen) atoms. The molecule has 0 fully saturated rings. The van der Waals surface area contributed by atoms with E-state index in [2.05, 4.69) is 0 Å². The SMILES string of the molecule is NCCC[C@H](N)C(=O)O.OCC(O)CO. The molecule has 0 aromatic rings. The Morgan fingerprint density at radius 3 is 1.93 bits per heavy atom. The van der Waals surface area contributed by atoms with E-state index in [-0.39, 0.29) is 13.2 Å². The van der Waals surface area contributed by atoms with Gasteiger partial charge in [-0.2, -0.15) is 0 Å². The van der Waals surface area contributed by atoms with E-state index < -0.39 is 18.1 Å². The summed E-state index contributed by atoms with van der Waals surface area (Å²) >= 11 is 0. The van der Waals surface area contributed by atoms with Gasteiger partial charge in [-0.3, -0.25) is 4.79 Å². The molecule has 0 aromatic heterocycles. The highest BCUT2D eigenvalue weighted by atomic mass is 16.4. The second-order valence-electron chi connectivity index (χ2n) is 2.89. The predicted octanol–water partition coefficient (Wildman–Crippen LogP) is -2.53. The lowest BCUT2D eigenvalue weighted by atomic mass is 10.2. The second-order valence-corrected chi connectivity index (χ2v) is 2.89. The molecule has 0 aliphatic carbocycles. The van der Waals surface area contributed by atoms with Gasteiger partial charge in [-0.05, 0) is 19.4 Å². The molecule has 0 radical (unpaired) electrons. The summed E-state index contributed by atoms with van der Waals surface area (Å²) in [6, 6.07) is -0.742. The highest BCUT2D eigenvalue weighted by Crippen LogP contribution is 1.91. The van der Waals surface area contributed by atoms with E-state index in [1.807, 2.05) is 0 Å². The third-order valence-corrected chi connectivity index (χ3v) is 1.46. The van der Waals surface area contributed by atoms with Crippen LogP contribution in [-0.2, 0) is 4.79 Å². The molecule has 0 saturated carbocycles. The molecule has 1 atom stereocenters. The zero-order valence-corrected chi connectivity index (χ0v) is 8.54. The van der Waals surface area contributed by atoms with Crippen molar-refractivity contribution in [3.05, 3.63) is 0 Å². The van der Waals surface area contributed by atoms with Gasteiger partial charge in [-0.15, -0.1) is 0 Å². The third-order valence-electron chi connectivity index (χ3n) is 1.46. The van der Waals surface area contributed by atoms with Gasteiger partial charge < -0.3 is 31.9 Å². The summed E-state index contributed by atoms with van der Waals surface area (Å²) in [5, 5.41) is 32.3. The maximum absolute atomic E-state index is 10.0. The molecule has 7 heteroatoms. The largest absolute Gasteiger partial charge is 0.480 e. The maximum atomic E-state index is 10.0.